The molecule has 1 aliphatic rings. The molecule has 0 saturated carbocycles. The first-order chi connectivity index (χ1) is 14.4. The van der Waals surface area contributed by atoms with Gasteiger partial charge in [0.05, 0.1) is 5.56 Å². The van der Waals surface area contributed by atoms with Gasteiger partial charge in [-0.05, 0) is 87.5 Å². The SMILES string of the molecule is C[C@@H](CCCC1=CNCc2ccccc21)c1cc(-c2ccsc2)cc(C(F)(F)F)c1. The van der Waals surface area contributed by atoms with E-state index in [1.807, 2.05) is 35.9 Å². The van der Waals surface area contributed by atoms with Crippen molar-refractivity contribution in [2.24, 2.45) is 0 Å². The maximum Gasteiger partial charge on any atom is 0.416 e. The lowest BCUT2D eigenvalue weighted by molar-refractivity contribution is -0.137. The number of rotatable bonds is 6. The number of benzene rings is 2. The van der Waals surface area contributed by atoms with Gasteiger partial charge in [0, 0.05) is 12.7 Å². The van der Waals surface area contributed by atoms with Crippen molar-refractivity contribution in [3.63, 3.8) is 0 Å². The molecule has 0 saturated heterocycles. The fraction of sp³-hybridized carbons (Fsp3) is 0.280. The monoisotopic (exact) mass is 427 g/mol. The molecule has 0 radical (unpaired) electrons. The van der Waals surface area contributed by atoms with Gasteiger partial charge in [0.25, 0.3) is 0 Å². The van der Waals surface area contributed by atoms with Crippen molar-refractivity contribution in [3.8, 4) is 11.1 Å². The molecule has 0 bridgehead atoms. The van der Waals surface area contributed by atoms with Gasteiger partial charge < -0.3 is 5.32 Å². The highest BCUT2D eigenvalue weighted by molar-refractivity contribution is 7.08. The maximum absolute atomic E-state index is 13.5. The molecule has 3 aromatic rings. The van der Waals surface area contributed by atoms with Crippen LogP contribution in [-0.4, -0.2) is 0 Å². The summed E-state index contributed by atoms with van der Waals surface area (Å²) in [4.78, 5) is 0. The van der Waals surface area contributed by atoms with E-state index in [-0.39, 0.29) is 5.92 Å². The lowest BCUT2D eigenvalue weighted by Gasteiger charge is -2.20. The van der Waals surface area contributed by atoms with Crippen molar-refractivity contribution in [2.45, 2.75) is 44.8 Å². The summed E-state index contributed by atoms with van der Waals surface area (Å²) in [5.74, 6) is 0.0529. The summed E-state index contributed by atoms with van der Waals surface area (Å²) in [6, 6.07) is 14.7. The highest BCUT2D eigenvalue weighted by Gasteiger charge is 2.31. The number of hydrogen-bond acceptors (Lipinski definition) is 2. The molecule has 2 aromatic carbocycles. The average Bonchev–Trinajstić information content (AvgIpc) is 3.28. The second-order valence-corrected chi connectivity index (χ2v) is 8.63. The first-order valence-corrected chi connectivity index (χ1v) is 11.1. The largest absolute Gasteiger partial charge is 0.416 e. The molecule has 1 aromatic heterocycles. The molecule has 1 aliphatic heterocycles. The molecule has 0 fully saturated rings. The molecule has 4 rings (SSSR count). The number of halogens is 3. The minimum Gasteiger partial charge on any atom is -0.387 e. The van der Waals surface area contributed by atoms with Crippen molar-refractivity contribution in [2.75, 3.05) is 0 Å². The third-order valence-corrected chi connectivity index (χ3v) is 6.40. The summed E-state index contributed by atoms with van der Waals surface area (Å²) in [6.07, 6.45) is 0.399. The predicted octanol–water partition coefficient (Wildman–Crippen LogP) is 7.85. The van der Waals surface area contributed by atoms with Gasteiger partial charge in [0.2, 0.25) is 0 Å². The van der Waals surface area contributed by atoms with E-state index in [1.165, 1.54) is 40.2 Å². The standard InChI is InChI=1S/C25H24F3NS/c1-17(5-4-7-19-15-29-14-18-6-2-3-8-24(18)19)21-11-22(20-9-10-30-16-20)13-23(12-21)25(26,27)28/h2-3,6,8-13,15-17,29H,4-5,7,14H2,1H3/t17-/m0/s1. The number of fused-ring (bicyclic) bond motifs is 1. The fourth-order valence-corrected chi connectivity index (χ4v) is 4.68. The molecular weight excluding hydrogens is 403 g/mol. The Balaban J connectivity index is 1.49. The van der Waals surface area contributed by atoms with Crippen molar-refractivity contribution >= 4 is 16.9 Å². The van der Waals surface area contributed by atoms with Crippen LogP contribution in [-0.2, 0) is 12.7 Å². The molecule has 0 amide bonds. The van der Waals surface area contributed by atoms with Crippen LogP contribution in [0.25, 0.3) is 16.7 Å². The average molecular weight is 428 g/mol. The Bertz CT molecular complexity index is 1030. The molecule has 2 heterocycles. The quantitative estimate of drug-likeness (QED) is 0.422. The van der Waals surface area contributed by atoms with Crippen LogP contribution in [0.4, 0.5) is 13.2 Å². The zero-order chi connectivity index (χ0) is 21.1. The summed E-state index contributed by atoms with van der Waals surface area (Å²) in [5, 5.41) is 7.11. The van der Waals surface area contributed by atoms with E-state index >= 15 is 0 Å². The molecule has 0 aliphatic carbocycles. The minimum absolute atomic E-state index is 0.0529. The van der Waals surface area contributed by atoms with Crippen LogP contribution >= 0.6 is 11.3 Å². The van der Waals surface area contributed by atoms with Gasteiger partial charge in [0.1, 0.15) is 0 Å². The molecule has 0 spiro atoms. The van der Waals surface area contributed by atoms with Crippen LogP contribution in [0.1, 0.15) is 54.4 Å². The highest BCUT2D eigenvalue weighted by Crippen LogP contribution is 2.37. The number of nitrogens with one attached hydrogen (secondary N) is 1. The van der Waals surface area contributed by atoms with Crippen LogP contribution < -0.4 is 5.32 Å². The van der Waals surface area contributed by atoms with E-state index in [0.717, 1.165) is 36.9 Å². The second kappa shape index (κ2) is 8.68. The summed E-state index contributed by atoms with van der Waals surface area (Å²) >= 11 is 1.49. The minimum atomic E-state index is -4.34. The van der Waals surface area contributed by atoms with Gasteiger partial charge in [-0.1, -0.05) is 37.3 Å². The van der Waals surface area contributed by atoms with Crippen LogP contribution in [0.2, 0.25) is 0 Å². The molecule has 1 N–H and O–H groups in total. The number of hydrogen-bond donors (Lipinski definition) is 1. The summed E-state index contributed by atoms with van der Waals surface area (Å²) < 4.78 is 40.4. The van der Waals surface area contributed by atoms with E-state index in [9.17, 15) is 13.2 Å². The fourth-order valence-electron chi connectivity index (χ4n) is 4.02. The van der Waals surface area contributed by atoms with Crippen LogP contribution in [0.15, 0.2) is 65.5 Å². The van der Waals surface area contributed by atoms with Gasteiger partial charge in [-0.3, -0.25) is 0 Å². The Morgan fingerprint density at radius 1 is 1.07 bits per heavy atom. The number of alkyl halides is 3. The summed E-state index contributed by atoms with van der Waals surface area (Å²) in [7, 11) is 0. The lowest BCUT2D eigenvalue weighted by atomic mass is 9.89. The van der Waals surface area contributed by atoms with E-state index < -0.39 is 11.7 Å². The molecular formula is C25H24F3NS. The Morgan fingerprint density at radius 3 is 2.67 bits per heavy atom. The van der Waals surface area contributed by atoms with Crippen molar-refractivity contribution in [1.82, 2.24) is 5.32 Å². The first kappa shape index (κ1) is 20.7. The smallest absolute Gasteiger partial charge is 0.387 e. The zero-order valence-electron chi connectivity index (χ0n) is 16.8. The topological polar surface area (TPSA) is 12.0 Å². The normalized spacial score (nSPS) is 14.6. The predicted molar refractivity (Wildman–Crippen MR) is 118 cm³/mol. The van der Waals surface area contributed by atoms with Crippen LogP contribution in [0.3, 0.4) is 0 Å². The molecule has 1 nitrogen and oxygen atoms in total. The number of thiophene rings is 1. The van der Waals surface area contributed by atoms with Gasteiger partial charge in [0.15, 0.2) is 0 Å². The van der Waals surface area contributed by atoms with E-state index in [4.69, 9.17) is 0 Å². The Morgan fingerprint density at radius 2 is 1.90 bits per heavy atom. The van der Waals surface area contributed by atoms with Crippen LogP contribution in [0.5, 0.6) is 0 Å². The summed E-state index contributed by atoms with van der Waals surface area (Å²) in [6.45, 7) is 2.86. The van der Waals surface area contributed by atoms with E-state index in [2.05, 4.69) is 29.7 Å². The number of allylic oxidation sites excluding steroid dienone is 1. The molecule has 1 atom stereocenters. The molecule has 30 heavy (non-hydrogen) atoms. The summed E-state index contributed by atoms with van der Waals surface area (Å²) in [5.41, 5.74) is 5.51. The van der Waals surface area contributed by atoms with Gasteiger partial charge in [-0.25, -0.2) is 0 Å². The molecule has 156 valence electrons. The van der Waals surface area contributed by atoms with E-state index in [0.29, 0.717) is 5.56 Å². The Labute approximate surface area is 179 Å². The van der Waals surface area contributed by atoms with E-state index in [1.54, 1.807) is 0 Å². The maximum atomic E-state index is 13.5. The first-order valence-electron chi connectivity index (χ1n) is 10.2. The Kier molecular flexibility index (Phi) is 6.00. The van der Waals surface area contributed by atoms with Crippen molar-refractivity contribution < 1.29 is 13.2 Å². The second-order valence-electron chi connectivity index (χ2n) is 7.85. The third-order valence-electron chi connectivity index (χ3n) is 5.72. The molecule has 0 unspecified atom stereocenters. The Hall–Kier alpha value is -2.53. The third kappa shape index (κ3) is 4.62. The zero-order valence-corrected chi connectivity index (χ0v) is 17.6. The van der Waals surface area contributed by atoms with Crippen molar-refractivity contribution in [1.29, 1.82) is 0 Å². The molecule has 5 heteroatoms. The highest BCUT2D eigenvalue weighted by atomic mass is 32.1. The van der Waals surface area contributed by atoms with Crippen molar-refractivity contribution in [3.05, 3.63) is 87.7 Å². The van der Waals surface area contributed by atoms with Gasteiger partial charge >= 0.3 is 6.18 Å². The lowest BCUT2D eigenvalue weighted by Crippen LogP contribution is -2.13. The van der Waals surface area contributed by atoms with Crippen LogP contribution in [0, 0.1) is 0 Å². The van der Waals surface area contributed by atoms with Gasteiger partial charge in [-0.15, -0.1) is 0 Å². The van der Waals surface area contributed by atoms with Gasteiger partial charge in [-0.2, -0.15) is 24.5 Å².